The van der Waals surface area contributed by atoms with Crippen molar-refractivity contribution < 1.29 is 71.2 Å². The van der Waals surface area contributed by atoms with Crippen LogP contribution in [-0.2, 0) is 10.1 Å². The van der Waals surface area contributed by atoms with Crippen molar-refractivity contribution in [3.63, 3.8) is 0 Å². The minimum Gasteiger partial charge on any atom is -0.744 e. The van der Waals surface area contributed by atoms with Gasteiger partial charge in [-0.2, -0.15) is 0 Å². The molecule has 0 saturated carbocycles. The first-order valence-corrected chi connectivity index (χ1v) is 7.45. The quantitative estimate of drug-likeness (QED) is 0.490. The van der Waals surface area contributed by atoms with E-state index in [1.54, 1.807) is 6.07 Å². The fourth-order valence-corrected chi connectivity index (χ4v) is 3.14. The van der Waals surface area contributed by atoms with Gasteiger partial charge in [0.1, 0.15) is 10.1 Å². The van der Waals surface area contributed by atoms with E-state index >= 15 is 0 Å². The smallest absolute Gasteiger partial charge is 0.744 e. The molecule has 0 unspecified atom stereocenters. The van der Waals surface area contributed by atoms with Crippen molar-refractivity contribution in [1.82, 2.24) is 0 Å². The van der Waals surface area contributed by atoms with Crippen molar-refractivity contribution >= 4 is 37.7 Å². The van der Waals surface area contributed by atoms with Crippen molar-refractivity contribution in [3.8, 4) is 0 Å². The van der Waals surface area contributed by atoms with Crippen molar-refractivity contribution in [2.75, 3.05) is 0 Å². The van der Waals surface area contributed by atoms with E-state index in [2.05, 4.69) is 6.58 Å². The van der Waals surface area contributed by atoms with Gasteiger partial charge in [0, 0.05) is 0 Å². The Morgan fingerprint density at radius 1 is 0.952 bits per heavy atom. The van der Waals surface area contributed by atoms with Crippen molar-refractivity contribution in [3.05, 3.63) is 60.7 Å². The largest absolute Gasteiger partial charge is 1.00 e. The van der Waals surface area contributed by atoms with Crippen molar-refractivity contribution in [1.29, 1.82) is 0 Å². The molecule has 0 radical (unpaired) electrons. The maximum atomic E-state index is 11.3. The Labute approximate surface area is 172 Å². The van der Waals surface area contributed by atoms with Crippen LogP contribution < -0.4 is 58.2 Å². The third-order valence-electron chi connectivity index (χ3n) is 3.36. The summed E-state index contributed by atoms with van der Waals surface area (Å²) < 4.78 is 33.9. The van der Waals surface area contributed by atoms with Crippen LogP contribution in [0.15, 0.2) is 60.0 Å². The molecule has 0 aliphatic heterocycles. The standard InChI is InChI=1S/C16H12O3S.Rb/c1-2-14-15-10-12-6-4-3-5-11(12)9-13(15)7-8-16(14)20(17,18)19;/h2-10H,1H2,(H,17,18,19);/q;+1/p-1. The predicted octanol–water partition coefficient (Wildman–Crippen LogP) is 0.544. The molecule has 0 heterocycles. The topological polar surface area (TPSA) is 57.2 Å². The van der Waals surface area contributed by atoms with Crippen LogP contribution in [-0.4, -0.2) is 13.0 Å². The number of hydrogen-bond donors (Lipinski definition) is 0. The van der Waals surface area contributed by atoms with Crippen LogP contribution in [0.2, 0.25) is 0 Å². The molecule has 0 bridgehead atoms. The van der Waals surface area contributed by atoms with Crippen LogP contribution in [0.3, 0.4) is 0 Å². The fourth-order valence-electron chi connectivity index (χ4n) is 2.45. The van der Waals surface area contributed by atoms with E-state index in [0.717, 1.165) is 21.5 Å². The Kier molecular flexibility index (Phi) is 5.18. The molecular formula is C16H11O3RbS. The molecule has 0 aromatic heterocycles. The first-order valence-electron chi connectivity index (χ1n) is 6.04. The molecule has 21 heavy (non-hydrogen) atoms. The van der Waals surface area contributed by atoms with Crippen LogP contribution in [0.25, 0.3) is 27.6 Å². The average molecular weight is 369 g/mol. The van der Waals surface area contributed by atoms with Gasteiger partial charge in [0.25, 0.3) is 0 Å². The Morgan fingerprint density at radius 2 is 1.57 bits per heavy atom. The Balaban J connectivity index is 0.00000161. The molecule has 0 spiro atoms. The van der Waals surface area contributed by atoms with Gasteiger partial charge in [-0.05, 0) is 45.3 Å². The van der Waals surface area contributed by atoms with Gasteiger partial charge >= 0.3 is 58.2 Å². The molecule has 0 aliphatic carbocycles. The van der Waals surface area contributed by atoms with E-state index in [4.69, 9.17) is 0 Å². The number of benzene rings is 3. The van der Waals surface area contributed by atoms with E-state index < -0.39 is 10.1 Å². The second kappa shape index (κ2) is 6.40. The molecular weight excluding hydrogens is 358 g/mol. The van der Waals surface area contributed by atoms with Crippen LogP contribution >= 0.6 is 0 Å². The van der Waals surface area contributed by atoms with E-state index in [1.165, 1.54) is 12.1 Å². The van der Waals surface area contributed by atoms with Crippen LogP contribution in [0.4, 0.5) is 0 Å². The number of fused-ring (bicyclic) bond motifs is 2. The van der Waals surface area contributed by atoms with Gasteiger partial charge < -0.3 is 4.55 Å². The van der Waals surface area contributed by atoms with Gasteiger partial charge in [0.15, 0.2) is 0 Å². The monoisotopic (exact) mass is 368 g/mol. The minimum atomic E-state index is -4.51. The number of hydrogen-bond acceptors (Lipinski definition) is 3. The molecule has 5 heteroatoms. The van der Waals surface area contributed by atoms with Gasteiger partial charge in [-0.15, -0.1) is 0 Å². The third-order valence-corrected chi connectivity index (χ3v) is 4.26. The number of rotatable bonds is 2. The fraction of sp³-hybridized carbons (Fsp3) is 0. The van der Waals surface area contributed by atoms with Gasteiger partial charge in [-0.3, -0.25) is 0 Å². The second-order valence-electron chi connectivity index (χ2n) is 4.56. The zero-order valence-corrected chi connectivity index (χ0v) is 17.3. The van der Waals surface area contributed by atoms with Crippen molar-refractivity contribution in [2.24, 2.45) is 0 Å². The molecule has 3 nitrogen and oxygen atoms in total. The maximum absolute atomic E-state index is 11.3. The SMILES string of the molecule is C=Cc1c(S(=O)(=O)[O-])ccc2cc3ccccc3cc12.[Rb+]. The van der Waals surface area contributed by atoms with Gasteiger partial charge in [0.05, 0.1) is 4.90 Å². The van der Waals surface area contributed by atoms with Gasteiger partial charge in [-0.25, -0.2) is 8.42 Å². The summed E-state index contributed by atoms with van der Waals surface area (Å²) in [6.07, 6.45) is 1.42. The van der Waals surface area contributed by atoms with E-state index in [9.17, 15) is 13.0 Å². The molecule has 0 N–H and O–H groups in total. The van der Waals surface area contributed by atoms with Crippen molar-refractivity contribution in [2.45, 2.75) is 4.90 Å². The molecule has 0 amide bonds. The second-order valence-corrected chi connectivity index (χ2v) is 5.90. The summed E-state index contributed by atoms with van der Waals surface area (Å²) in [5.74, 6) is 0. The summed E-state index contributed by atoms with van der Waals surface area (Å²) in [5, 5.41) is 3.65. The molecule has 0 atom stereocenters. The summed E-state index contributed by atoms with van der Waals surface area (Å²) >= 11 is 0. The van der Waals surface area contributed by atoms with Gasteiger partial charge in [0.2, 0.25) is 0 Å². The first-order chi connectivity index (χ1) is 9.50. The summed E-state index contributed by atoms with van der Waals surface area (Å²) in [6.45, 7) is 3.63. The maximum Gasteiger partial charge on any atom is 1.00 e. The van der Waals surface area contributed by atoms with Gasteiger partial charge in [-0.1, -0.05) is 43.0 Å². The molecule has 0 saturated heterocycles. The first kappa shape index (κ1) is 17.0. The zero-order valence-electron chi connectivity index (χ0n) is 11.5. The molecule has 3 aromatic carbocycles. The van der Waals surface area contributed by atoms with E-state index in [0.29, 0.717) is 5.56 Å². The van der Waals surface area contributed by atoms with Crippen LogP contribution in [0, 0.1) is 0 Å². The van der Waals surface area contributed by atoms with Crippen LogP contribution in [0.1, 0.15) is 5.56 Å². The van der Waals surface area contributed by atoms with Crippen LogP contribution in [0.5, 0.6) is 0 Å². The molecule has 0 fully saturated rings. The normalized spacial score (nSPS) is 11.3. The Bertz CT molecular complexity index is 946. The predicted molar refractivity (Wildman–Crippen MR) is 79.5 cm³/mol. The molecule has 0 aliphatic rings. The molecule has 3 aromatic rings. The summed E-state index contributed by atoms with van der Waals surface area (Å²) in [6, 6.07) is 14.6. The average Bonchev–Trinajstić information content (AvgIpc) is 2.42. The third kappa shape index (κ3) is 3.21. The summed E-state index contributed by atoms with van der Waals surface area (Å²) in [7, 11) is -4.51. The Hall–Kier alpha value is -0.365. The minimum absolute atomic E-state index is 0. The Morgan fingerprint density at radius 3 is 2.14 bits per heavy atom. The molecule has 100 valence electrons. The zero-order chi connectivity index (χ0) is 14.3. The molecule has 3 rings (SSSR count). The van der Waals surface area contributed by atoms with E-state index in [-0.39, 0.29) is 63.1 Å². The summed E-state index contributed by atoms with van der Waals surface area (Å²) in [5.41, 5.74) is 0.364. The van der Waals surface area contributed by atoms with E-state index in [1.807, 2.05) is 36.4 Å². The summed E-state index contributed by atoms with van der Waals surface area (Å²) in [4.78, 5) is -0.227.